The summed E-state index contributed by atoms with van der Waals surface area (Å²) in [4.78, 5) is 32.2. The van der Waals surface area contributed by atoms with Crippen molar-refractivity contribution in [3.63, 3.8) is 0 Å². The second-order valence-corrected chi connectivity index (χ2v) is 9.97. The third kappa shape index (κ3) is 5.54. The standard InChI is InChI=1S/C28H31FN4O3/c1-18-31-27(32-36-18)21-3-2-4-22(15-21)28(35)30-16-23-5-6-24(23)17-33-13-11-20(12-14-33)26(34)19-7-9-25(29)10-8-19/h2-4,7-10,15,20,23-24H,5-6,11-14,16-17H2,1H3,(H,30,35)/t23-,24-/m0/s1. The van der Waals surface area contributed by atoms with Crippen LogP contribution >= 0.6 is 0 Å². The predicted molar refractivity (Wildman–Crippen MR) is 133 cm³/mol. The Kier molecular flexibility index (Phi) is 7.23. The molecule has 1 aliphatic heterocycles. The number of nitrogens with zero attached hydrogens (tertiary/aromatic N) is 3. The molecule has 1 aromatic heterocycles. The smallest absolute Gasteiger partial charge is 0.251 e. The third-order valence-electron chi connectivity index (χ3n) is 7.59. The highest BCUT2D eigenvalue weighted by atomic mass is 19.1. The lowest BCUT2D eigenvalue weighted by Gasteiger charge is -2.42. The van der Waals surface area contributed by atoms with Crippen LogP contribution < -0.4 is 5.32 Å². The van der Waals surface area contributed by atoms with Crippen molar-refractivity contribution in [3.05, 3.63) is 71.4 Å². The lowest BCUT2D eigenvalue weighted by atomic mass is 9.73. The summed E-state index contributed by atoms with van der Waals surface area (Å²) >= 11 is 0. The minimum Gasteiger partial charge on any atom is -0.352 e. The van der Waals surface area contributed by atoms with Gasteiger partial charge in [-0.15, -0.1) is 0 Å². The van der Waals surface area contributed by atoms with E-state index in [-0.39, 0.29) is 23.4 Å². The van der Waals surface area contributed by atoms with Crippen LogP contribution in [0, 0.1) is 30.5 Å². The molecule has 2 fully saturated rings. The van der Waals surface area contributed by atoms with Gasteiger partial charge in [0.2, 0.25) is 11.7 Å². The number of aryl methyl sites for hydroxylation is 1. The molecule has 2 atom stereocenters. The van der Waals surface area contributed by atoms with Gasteiger partial charge in [-0.2, -0.15) is 4.98 Å². The average molecular weight is 491 g/mol. The van der Waals surface area contributed by atoms with Gasteiger partial charge in [-0.25, -0.2) is 4.39 Å². The van der Waals surface area contributed by atoms with E-state index in [9.17, 15) is 14.0 Å². The molecule has 2 aliphatic rings. The van der Waals surface area contributed by atoms with Gasteiger partial charge in [0.25, 0.3) is 5.91 Å². The van der Waals surface area contributed by atoms with Crippen molar-refractivity contribution in [3.8, 4) is 11.4 Å². The van der Waals surface area contributed by atoms with Crippen molar-refractivity contribution >= 4 is 11.7 Å². The SMILES string of the molecule is Cc1nc(-c2cccc(C(=O)NC[C@@H]3CC[C@H]3CN3CCC(C(=O)c4ccc(F)cc4)CC3)c2)no1. The van der Waals surface area contributed by atoms with Crippen molar-refractivity contribution in [1.29, 1.82) is 0 Å². The number of aromatic nitrogens is 2. The number of likely N-dealkylation sites (tertiary alicyclic amines) is 1. The maximum atomic E-state index is 13.2. The summed E-state index contributed by atoms with van der Waals surface area (Å²) < 4.78 is 18.2. The van der Waals surface area contributed by atoms with Gasteiger partial charge in [-0.3, -0.25) is 9.59 Å². The second-order valence-electron chi connectivity index (χ2n) is 9.97. The van der Waals surface area contributed by atoms with Gasteiger partial charge in [-0.05, 0) is 87.0 Å². The molecule has 36 heavy (non-hydrogen) atoms. The largest absolute Gasteiger partial charge is 0.352 e. The number of carbonyl (C=O) groups is 2. The number of hydrogen-bond acceptors (Lipinski definition) is 6. The first-order valence-electron chi connectivity index (χ1n) is 12.7. The number of carbonyl (C=O) groups excluding carboxylic acids is 2. The molecule has 1 aliphatic carbocycles. The fraction of sp³-hybridized carbons (Fsp3) is 0.429. The topological polar surface area (TPSA) is 88.3 Å². The molecular formula is C28H31FN4O3. The van der Waals surface area contributed by atoms with Crippen LogP contribution in [0.2, 0.25) is 0 Å². The lowest BCUT2D eigenvalue weighted by Crippen LogP contribution is -2.46. The van der Waals surface area contributed by atoms with E-state index in [1.54, 1.807) is 31.2 Å². The molecule has 7 nitrogen and oxygen atoms in total. The summed E-state index contributed by atoms with van der Waals surface area (Å²) in [5.74, 6) is 1.71. The Morgan fingerprint density at radius 3 is 2.44 bits per heavy atom. The number of benzene rings is 2. The van der Waals surface area contributed by atoms with Gasteiger partial charge in [0.15, 0.2) is 5.78 Å². The second kappa shape index (κ2) is 10.7. The summed E-state index contributed by atoms with van der Waals surface area (Å²) in [6.07, 6.45) is 3.95. The molecule has 0 radical (unpaired) electrons. The van der Waals surface area contributed by atoms with E-state index < -0.39 is 0 Å². The fourth-order valence-corrected chi connectivity index (χ4v) is 5.25. The Morgan fingerprint density at radius 2 is 1.78 bits per heavy atom. The zero-order chi connectivity index (χ0) is 25.1. The van der Waals surface area contributed by atoms with Gasteiger partial charge in [0, 0.05) is 42.6 Å². The van der Waals surface area contributed by atoms with Crippen LogP contribution in [0.25, 0.3) is 11.4 Å². The molecule has 1 saturated carbocycles. The zero-order valence-electron chi connectivity index (χ0n) is 20.5. The van der Waals surface area contributed by atoms with Crippen LogP contribution in [0.5, 0.6) is 0 Å². The Morgan fingerprint density at radius 1 is 1.03 bits per heavy atom. The number of ketones is 1. The number of amides is 1. The molecule has 0 spiro atoms. The minimum atomic E-state index is -0.319. The number of rotatable bonds is 8. The zero-order valence-corrected chi connectivity index (χ0v) is 20.5. The molecule has 1 amide bonds. The van der Waals surface area contributed by atoms with E-state index in [4.69, 9.17) is 4.52 Å². The van der Waals surface area contributed by atoms with Crippen LogP contribution in [-0.2, 0) is 0 Å². The molecule has 0 unspecified atom stereocenters. The summed E-state index contributed by atoms with van der Waals surface area (Å²) in [5, 5.41) is 7.03. The van der Waals surface area contributed by atoms with Crippen LogP contribution in [0.15, 0.2) is 53.1 Å². The fourth-order valence-electron chi connectivity index (χ4n) is 5.25. The highest BCUT2D eigenvalue weighted by molar-refractivity contribution is 5.98. The predicted octanol–water partition coefficient (Wildman–Crippen LogP) is 4.54. The molecule has 8 heteroatoms. The molecule has 2 heterocycles. The summed E-state index contributed by atoms with van der Waals surface area (Å²) in [6, 6.07) is 13.1. The molecule has 1 N–H and O–H groups in total. The first kappa shape index (κ1) is 24.3. The maximum absolute atomic E-state index is 13.2. The molecule has 1 saturated heterocycles. The van der Waals surface area contributed by atoms with Gasteiger partial charge in [-0.1, -0.05) is 17.3 Å². The highest BCUT2D eigenvalue weighted by Crippen LogP contribution is 2.35. The Bertz CT molecular complexity index is 1220. The number of nitrogens with one attached hydrogen (secondary N) is 1. The normalized spacial score (nSPS) is 20.6. The molecule has 3 aromatic rings. The first-order valence-corrected chi connectivity index (χ1v) is 12.7. The number of hydrogen-bond donors (Lipinski definition) is 1. The quantitative estimate of drug-likeness (QED) is 0.467. The van der Waals surface area contributed by atoms with E-state index in [0.717, 1.165) is 44.5 Å². The minimum absolute atomic E-state index is 0.00955. The molecule has 5 rings (SSSR count). The number of halogens is 1. The summed E-state index contributed by atoms with van der Waals surface area (Å²) in [5.41, 5.74) is 1.93. The van der Waals surface area contributed by atoms with E-state index in [1.165, 1.54) is 18.6 Å². The molecule has 2 aromatic carbocycles. The Labute approximate surface area is 210 Å². The van der Waals surface area contributed by atoms with E-state index in [0.29, 0.717) is 41.2 Å². The average Bonchev–Trinajstić information content (AvgIpc) is 3.33. The van der Waals surface area contributed by atoms with Crippen molar-refractivity contribution < 1.29 is 18.5 Å². The van der Waals surface area contributed by atoms with Crippen LogP contribution in [0.4, 0.5) is 4.39 Å². The van der Waals surface area contributed by atoms with Gasteiger partial charge in [0.05, 0.1) is 0 Å². The summed E-state index contributed by atoms with van der Waals surface area (Å²) in [6.45, 7) is 5.20. The van der Waals surface area contributed by atoms with Crippen molar-refractivity contribution in [2.75, 3.05) is 26.2 Å². The first-order chi connectivity index (χ1) is 17.5. The van der Waals surface area contributed by atoms with E-state index >= 15 is 0 Å². The van der Waals surface area contributed by atoms with Crippen molar-refractivity contribution in [1.82, 2.24) is 20.4 Å². The van der Waals surface area contributed by atoms with Crippen LogP contribution in [-0.4, -0.2) is 52.9 Å². The number of Topliss-reactive ketones (excluding diaryl/α,β-unsaturated/α-hetero) is 1. The van der Waals surface area contributed by atoms with Gasteiger partial charge >= 0.3 is 0 Å². The van der Waals surface area contributed by atoms with E-state index in [2.05, 4.69) is 20.4 Å². The number of piperidine rings is 1. The van der Waals surface area contributed by atoms with Crippen molar-refractivity contribution in [2.45, 2.75) is 32.6 Å². The van der Waals surface area contributed by atoms with Crippen LogP contribution in [0.3, 0.4) is 0 Å². The van der Waals surface area contributed by atoms with Gasteiger partial charge in [0.1, 0.15) is 5.82 Å². The van der Waals surface area contributed by atoms with E-state index in [1.807, 2.05) is 12.1 Å². The highest BCUT2D eigenvalue weighted by Gasteiger charge is 2.34. The Balaban J connectivity index is 1.07. The lowest BCUT2D eigenvalue weighted by molar-refractivity contribution is 0.0691. The third-order valence-corrected chi connectivity index (χ3v) is 7.59. The molecule has 0 bridgehead atoms. The van der Waals surface area contributed by atoms with Gasteiger partial charge < -0.3 is 14.7 Å². The Hall–Kier alpha value is -3.39. The summed E-state index contributed by atoms with van der Waals surface area (Å²) in [7, 11) is 0. The molecule has 188 valence electrons. The monoisotopic (exact) mass is 490 g/mol. The van der Waals surface area contributed by atoms with Crippen LogP contribution in [0.1, 0.15) is 52.3 Å². The van der Waals surface area contributed by atoms with Crippen molar-refractivity contribution in [2.24, 2.45) is 17.8 Å². The maximum Gasteiger partial charge on any atom is 0.251 e. The molecular weight excluding hydrogens is 459 g/mol.